The summed E-state index contributed by atoms with van der Waals surface area (Å²) < 4.78 is 0. The van der Waals surface area contributed by atoms with Gasteiger partial charge in [0.05, 0.1) is 0 Å². The third kappa shape index (κ3) is 2.33. The van der Waals surface area contributed by atoms with Crippen LogP contribution < -0.4 is 0 Å². The molecule has 0 fully saturated rings. The summed E-state index contributed by atoms with van der Waals surface area (Å²) in [7, 11) is 0. The van der Waals surface area contributed by atoms with Gasteiger partial charge in [-0.3, -0.25) is 0 Å². The lowest BCUT2D eigenvalue weighted by atomic mass is 9.95. The Morgan fingerprint density at radius 2 is 1.79 bits per heavy atom. The standard InChI is InChI=1S/C11H14O3/c1-7-3-5-9(6-4-7)8(2)10(12)11(13)14/h3-6,8,10,12H,1-2H3,(H,13,14)/t8-,10-/m1/s1. The summed E-state index contributed by atoms with van der Waals surface area (Å²) in [5, 5.41) is 17.9. The molecular formula is C11H14O3. The Labute approximate surface area is 83.0 Å². The Kier molecular flexibility index (Phi) is 3.25. The number of rotatable bonds is 3. The highest BCUT2D eigenvalue weighted by Gasteiger charge is 2.22. The Morgan fingerprint density at radius 1 is 1.29 bits per heavy atom. The molecule has 1 aromatic carbocycles. The van der Waals surface area contributed by atoms with E-state index in [9.17, 15) is 9.90 Å². The number of benzene rings is 1. The van der Waals surface area contributed by atoms with Crippen LogP contribution >= 0.6 is 0 Å². The van der Waals surface area contributed by atoms with Gasteiger partial charge in [0, 0.05) is 5.92 Å². The molecule has 0 amide bonds. The number of aliphatic hydroxyl groups is 1. The van der Waals surface area contributed by atoms with Crippen LogP contribution in [-0.4, -0.2) is 22.3 Å². The van der Waals surface area contributed by atoms with Gasteiger partial charge in [0.15, 0.2) is 6.10 Å². The van der Waals surface area contributed by atoms with Crippen LogP contribution in [0.3, 0.4) is 0 Å². The van der Waals surface area contributed by atoms with Crippen molar-refractivity contribution in [3.63, 3.8) is 0 Å². The van der Waals surface area contributed by atoms with Crippen molar-refractivity contribution in [3.05, 3.63) is 35.4 Å². The largest absolute Gasteiger partial charge is 0.479 e. The van der Waals surface area contributed by atoms with Crippen molar-refractivity contribution < 1.29 is 15.0 Å². The molecule has 3 nitrogen and oxygen atoms in total. The Bertz CT molecular complexity index is 316. The molecule has 0 spiro atoms. The first-order valence-electron chi connectivity index (χ1n) is 4.50. The Morgan fingerprint density at radius 3 is 2.21 bits per heavy atom. The third-order valence-electron chi connectivity index (χ3n) is 2.33. The van der Waals surface area contributed by atoms with E-state index in [0.29, 0.717) is 0 Å². The quantitative estimate of drug-likeness (QED) is 0.767. The van der Waals surface area contributed by atoms with Crippen LogP contribution in [0, 0.1) is 6.92 Å². The van der Waals surface area contributed by atoms with E-state index < -0.39 is 12.1 Å². The van der Waals surface area contributed by atoms with Crippen LogP contribution in [0.15, 0.2) is 24.3 Å². The van der Waals surface area contributed by atoms with Crippen LogP contribution in [0.4, 0.5) is 0 Å². The molecule has 1 rings (SSSR count). The molecule has 0 aliphatic heterocycles. The highest BCUT2D eigenvalue weighted by molar-refractivity contribution is 5.73. The van der Waals surface area contributed by atoms with Crippen molar-refractivity contribution in [2.45, 2.75) is 25.9 Å². The van der Waals surface area contributed by atoms with Gasteiger partial charge in [-0.15, -0.1) is 0 Å². The maximum atomic E-state index is 10.5. The first-order chi connectivity index (χ1) is 6.52. The fourth-order valence-corrected chi connectivity index (χ4v) is 1.27. The number of carboxylic acids is 1. The lowest BCUT2D eigenvalue weighted by Gasteiger charge is -2.15. The molecule has 0 aliphatic rings. The molecule has 0 heterocycles. The molecule has 0 saturated carbocycles. The van der Waals surface area contributed by atoms with Crippen molar-refractivity contribution in [1.29, 1.82) is 0 Å². The summed E-state index contributed by atoms with van der Waals surface area (Å²) in [4.78, 5) is 10.5. The van der Waals surface area contributed by atoms with Gasteiger partial charge in [0.2, 0.25) is 0 Å². The van der Waals surface area contributed by atoms with Crippen molar-refractivity contribution >= 4 is 5.97 Å². The fraction of sp³-hybridized carbons (Fsp3) is 0.364. The van der Waals surface area contributed by atoms with Gasteiger partial charge < -0.3 is 10.2 Å². The summed E-state index contributed by atoms with van der Waals surface area (Å²) in [6, 6.07) is 7.49. The summed E-state index contributed by atoms with van der Waals surface area (Å²) in [5.74, 6) is -1.56. The SMILES string of the molecule is Cc1ccc([C@@H](C)[C@@H](O)C(=O)O)cc1. The van der Waals surface area contributed by atoms with E-state index in [1.54, 1.807) is 6.92 Å². The molecule has 76 valence electrons. The molecule has 14 heavy (non-hydrogen) atoms. The van der Waals surface area contributed by atoms with Gasteiger partial charge in [0.1, 0.15) is 0 Å². The molecule has 0 unspecified atom stereocenters. The number of carbonyl (C=O) groups is 1. The van der Waals surface area contributed by atoms with Crippen molar-refractivity contribution in [1.82, 2.24) is 0 Å². The van der Waals surface area contributed by atoms with Gasteiger partial charge in [-0.1, -0.05) is 36.8 Å². The van der Waals surface area contributed by atoms with Gasteiger partial charge >= 0.3 is 5.97 Å². The predicted molar refractivity (Wildman–Crippen MR) is 53.2 cm³/mol. The van der Waals surface area contributed by atoms with Crippen LogP contribution in [0.25, 0.3) is 0 Å². The molecule has 3 heteroatoms. The molecule has 2 atom stereocenters. The van der Waals surface area contributed by atoms with Gasteiger partial charge in [-0.2, -0.15) is 0 Å². The second-order valence-electron chi connectivity index (χ2n) is 3.48. The molecular weight excluding hydrogens is 180 g/mol. The van der Waals surface area contributed by atoms with Crippen LogP contribution in [0.1, 0.15) is 24.0 Å². The monoisotopic (exact) mass is 194 g/mol. The van der Waals surface area contributed by atoms with Crippen molar-refractivity contribution in [2.24, 2.45) is 0 Å². The summed E-state index contributed by atoms with van der Waals surface area (Å²) in [6.45, 7) is 3.66. The number of hydrogen-bond donors (Lipinski definition) is 2. The number of aliphatic carboxylic acids is 1. The number of aryl methyl sites for hydroxylation is 1. The summed E-state index contributed by atoms with van der Waals surface area (Å²) in [5.41, 5.74) is 1.95. The van der Waals surface area contributed by atoms with E-state index >= 15 is 0 Å². The molecule has 0 aliphatic carbocycles. The average Bonchev–Trinajstić information content (AvgIpc) is 2.16. The minimum absolute atomic E-state index is 0.381. The molecule has 0 aromatic heterocycles. The fourth-order valence-electron chi connectivity index (χ4n) is 1.27. The van der Waals surface area contributed by atoms with Crippen LogP contribution in [0.2, 0.25) is 0 Å². The van der Waals surface area contributed by atoms with Crippen molar-refractivity contribution in [3.8, 4) is 0 Å². The van der Waals surface area contributed by atoms with E-state index in [4.69, 9.17) is 5.11 Å². The van der Waals surface area contributed by atoms with Crippen LogP contribution in [0.5, 0.6) is 0 Å². The minimum Gasteiger partial charge on any atom is -0.479 e. The van der Waals surface area contributed by atoms with E-state index in [2.05, 4.69) is 0 Å². The predicted octanol–water partition coefficient (Wildman–Crippen LogP) is 1.54. The van der Waals surface area contributed by atoms with Gasteiger partial charge in [0.25, 0.3) is 0 Å². The molecule has 2 N–H and O–H groups in total. The third-order valence-corrected chi connectivity index (χ3v) is 2.33. The molecule has 0 bridgehead atoms. The van der Waals surface area contributed by atoms with E-state index in [1.807, 2.05) is 31.2 Å². The number of hydrogen-bond acceptors (Lipinski definition) is 2. The van der Waals surface area contributed by atoms with E-state index in [0.717, 1.165) is 11.1 Å². The highest BCUT2D eigenvalue weighted by Crippen LogP contribution is 2.19. The second-order valence-corrected chi connectivity index (χ2v) is 3.48. The first-order valence-corrected chi connectivity index (χ1v) is 4.50. The summed E-state index contributed by atoms with van der Waals surface area (Å²) in [6.07, 6.45) is -1.34. The lowest BCUT2D eigenvalue weighted by molar-refractivity contribution is -0.147. The molecule has 0 saturated heterocycles. The maximum absolute atomic E-state index is 10.5. The van der Waals surface area contributed by atoms with Crippen molar-refractivity contribution in [2.75, 3.05) is 0 Å². The average molecular weight is 194 g/mol. The maximum Gasteiger partial charge on any atom is 0.333 e. The zero-order valence-electron chi connectivity index (χ0n) is 8.27. The van der Waals surface area contributed by atoms with E-state index in [-0.39, 0.29) is 5.92 Å². The lowest BCUT2D eigenvalue weighted by Crippen LogP contribution is -2.25. The molecule has 0 radical (unpaired) electrons. The zero-order chi connectivity index (χ0) is 10.7. The normalized spacial score (nSPS) is 14.8. The highest BCUT2D eigenvalue weighted by atomic mass is 16.4. The Hall–Kier alpha value is -1.35. The van der Waals surface area contributed by atoms with Gasteiger partial charge in [-0.25, -0.2) is 4.79 Å². The first kappa shape index (κ1) is 10.7. The molecule has 1 aromatic rings. The van der Waals surface area contributed by atoms with Crippen LogP contribution in [-0.2, 0) is 4.79 Å². The topological polar surface area (TPSA) is 57.5 Å². The van der Waals surface area contributed by atoms with E-state index in [1.165, 1.54) is 0 Å². The second kappa shape index (κ2) is 4.24. The number of aliphatic hydroxyl groups excluding tert-OH is 1. The zero-order valence-corrected chi connectivity index (χ0v) is 8.27. The summed E-state index contributed by atoms with van der Waals surface area (Å²) >= 11 is 0. The smallest absolute Gasteiger partial charge is 0.333 e. The van der Waals surface area contributed by atoms with Gasteiger partial charge in [-0.05, 0) is 12.5 Å². The number of carboxylic acid groups (broad SMARTS) is 1. The minimum atomic E-state index is -1.34. The Balaban J connectivity index is 2.84.